The van der Waals surface area contributed by atoms with Crippen LogP contribution in [0.1, 0.15) is 18.1 Å². The first-order chi connectivity index (χ1) is 16.0. The maximum Gasteiger partial charge on any atom is 0.269 e. The Morgan fingerprint density at radius 3 is 2.70 bits per heavy atom. The molecule has 0 saturated carbocycles. The Bertz CT molecular complexity index is 1300. The average Bonchev–Trinajstić information content (AvgIpc) is 3.27. The minimum absolute atomic E-state index is 0.00346. The number of thiazole rings is 1. The Morgan fingerprint density at radius 2 is 2.00 bits per heavy atom. The van der Waals surface area contributed by atoms with Gasteiger partial charge in [-0.3, -0.25) is 24.8 Å². The van der Waals surface area contributed by atoms with Crippen molar-refractivity contribution in [2.24, 2.45) is 0 Å². The molecule has 0 aliphatic heterocycles. The van der Waals surface area contributed by atoms with E-state index in [1.165, 1.54) is 29.5 Å². The van der Waals surface area contributed by atoms with Crippen LogP contribution < -0.4 is 9.64 Å². The molecule has 2 aromatic heterocycles. The smallest absolute Gasteiger partial charge is 0.269 e. The Balaban J connectivity index is 1.66. The highest BCUT2D eigenvalue weighted by Crippen LogP contribution is 2.35. The summed E-state index contributed by atoms with van der Waals surface area (Å²) in [4.78, 5) is 34.0. The van der Waals surface area contributed by atoms with E-state index < -0.39 is 4.92 Å². The number of ether oxygens (including phenoxy) is 1. The van der Waals surface area contributed by atoms with E-state index in [-0.39, 0.29) is 11.6 Å². The van der Waals surface area contributed by atoms with Crippen LogP contribution in [0.4, 0.5) is 10.8 Å². The highest BCUT2D eigenvalue weighted by atomic mass is 32.1. The third kappa shape index (κ3) is 5.21. The van der Waals surface area contributed by atoms with Gasteiger partial charge in [-0.2, -0.15) is 0 Å². The largest absolute Gasteiger partial charge is 0.492 e. The molecule has 0 unspecified atom stereocenters. The van der Waals surface area contributed by atoms with Crippen LogP contribution in [0.25, 0.3) is 16.3 Å². The molecule has 166 valence electrons. The van der Waals surface area contributed by atoms with Crippen molar-refractivity contribution in [3.8, 4) is 5.75 Å². The van der Waals surface area contributed by atoms with Crippen LogP contribution in [0, 0.1) is 10.1 Å². The molecule has 4 rings (SSSR count). The van der Waals surface area contributed by atoms with Gasteiger partial charge in [-0.25, -0.2) is 4.98 Å². The number of amides is 1. The van der Waals surface area contributed by atoms with Gasteiger partial charge in [-0.05, 0) is 54.5 Å². The summed E-state index contributed by atoms with van der Waals surface area (Å²) < 4.78 is 6.61. The van der Waals surface area contributed by atoms with Crippen LogP contribution in [0.2, 0.25) is 0 Å². The normalized spacial score (nSPS) is 11.1. The molecule has 0 bridgehead atoms. The number of aromatic nitrogens is 2. The van der Waals surface area contributed by atoms with Crippen molar-refractivity contribution in [1.82, 2.24) is 9.97 Å². The van der Waals surface area contributed by atoms with Crippen LogP contribution in [-0.4, -0.2) is 27.4 Å². The van der Waals surface area contributed by atoms with Gasteiger partial charge < -0.3 is 4.74 Å². The van der Waals surface area contributed by atoms with Crippen molar-refractivity contribution in [3.63, 3.8) is 0 Å². The summed E-state index contributed by atoms with van der Waals surface area (Å²) in [6.07, 6.45) is 6.45. The second-order valence-electron chi connectivity index (χ2n) is 7.00. The Labute approximate surface area is 193 Å². The second kappa shape index (κ2) is 10.0. The number of non-ortho nitro benzene ring substituents is 1. The van der Waals surface area contributed by atoms with Crippen molar-refractivity contribution in [2.75, 3.05) is 11.5 Å². The number of nitrogens with zero attached hydrogens (tertiary/aromatic N) is 4. The number of carbonyl (C=O) groups excluding carboxylic acids is 1. The summed E-state index contributed by atoms with van der Waals surface area (Å²) >= 11 is 1.40. The van der Waals surface area contributed by atoms with E-state index >= 15 is 0 Å². The van der Waals surface area contributed by atoms with Crippen molar-refractivity contribution in [2.45, 2.75) is 13.5 Å². The Morgan fingerprint density at radius 1 is 1.18 bits per heavy atom. The van der Waals surface area contributed by atoms with E-state index in [4.69, 9.17) is 9.72 Å². The van der Waals surface area contributed by atoms with Crippen molar-refractivity contribution in [1.29, 1.82) is 0 Å². The minimum atomic E-state index is -0.460. The SMILES string of the molecule is CCOc1cccc2sc(N(Cc3cccnc3)C(=O)/C=C\c3ccc([N+](=O)[O-])cc3)nc12. The summed E-state index contributed by atoms with van der Waals surface area (Å²) in [5.74, 6) is 0.405. The van der Waals surface area contributed by atoms with Crippen LogP contribution in [0.15, 0.2) is 73.1 Å². The number of nitro groups is 1. The van der Waals surface area contributed by atoms with E-state index in [1.807, 2.05) is 37.3 Å². The lowest BCUT2D eigenvalue weighted by Crippen LogP contribution is -2.28. The predicted octanol–water partition coefficient (Wildman–Crippen LogP) is 5.24. The summed E-state index contributed by atoms with van der Waals surface area (Å²) in [5, 5.41) is 11.4. The maximum atomic E-state index is 13.2. The van der Waals surface area contributed by atoms with Crippen LogP contribution in [0.5, 0.6) is 5.75 Å². The second-order valence-corrected chi connectivity index (χ2v) is 8.01. The quantitative estimate of drug-likeness (QED) is 0.202. The summed E-state index contributed by atoms with van der Waals surface area (Å²) in [6, 6.07) is 15.4. The fourth-order valence-corrected chi connectivity index (χ4v) is 4.17. The standard InChI is InChI=1S/C24H20N4O4S/c1-2-32-20-6-3-7-21-23(20)26-24(33-21)27(16-18-5-4-14-25-15-18)22(29)13-10-17-8-11-19(12-9-17)28(30)31/h3-15H,2,16H2,1H3/b13-10-. The first-order valence-corrected chi connectivity index (χ1v) is 11.0. The van der Waals surface area contributed by atoms with E-state index in [2.05, 4.69) is 4.98 Å². The lowest BCUT2D eigenvalue weighted by Gasteiger charge is -2.18. The molecule has 4 aromatic rings. The van der Waals surface area contributed by atoms with Crippen LogP contribution >= 0.6 is 11.3 Å². The summed E-state index contributed by atoms with van der Waals surface area (Å²) in [7, 11) is 0. The number of hydrogen-bond donors (Lipinski definition) is 0. The number of anilines is 1. The molecule has 0 fully saturated rings. The lowest BCUT2D eigenvalue weighted by atomic mass is 10.2. The fourth-order valence-electron chi connectivity index (χ4n) is 3.18. The number of rotatable bonds is 8. The zero-order valence-corrected chi connectivity index (χ0v) is 18.6. The maximum absolute atomic E-state index is 13.2. The van der Waals surface area contributed by atoms with Gasteiger partial charge in [0.05, 0.1) is 22.8 Å². The third-order valence-electron chi connectivity index (χ3n) is 4.75. The first-order valence-electron chi connectivity index (χ1n) is 10.2. The van der Waals surface area contributed by atoms with Gasteiger partial charge in [0.25, 0.3) is 11.6 Å². The molecule has 9 heteroatoms. The monoisotopic (exact) mass is 460 g/mol. The minimum Gasteiger partial charge on any atom is -0.492 e. The highest BCUT2D eigenvalue weighted by molar-refractivity contribution is 7.22. The number of fused-ring (bicyclic) bond motifs is 1. The molecule has 33 heavy (non-hydrogen) atoms. The molecule has 0 radical (unpaired) electrons. The van der Waals surface area contributed by atoms with E-state index in [1.54, 1.807) is 35.5 Å². The third-order valence-corrected chi connectivity index (χ3v) is 5.80. The first kappa shape index (κ1) is 22.1. The van der Waals surface area contributed by atoms with Gasteiger partial charge >= 0.3 is 0 Å². The molecule has 2 heterocycles. The number of hydrogen-bond acceptors (Lipinski definition) is 7. The van der Waals surface area contributed by atoms with Gasteiger partial charge in [-0.1, -0.05) is 23.5 Å². The topological polar surface area (TPSA) is 98.5 Å². The molecule has 0 saturated heterocycles. The van der Waals surface area contributed by atoms with Gasteiger partial charge in [0.1, 0.15) is 11.3 Å². The van der Waals surface area contributed by atoms with Crippen molar-refractivity contribution in [3.05, 3.63) is 94.3 Å². The number of pyridine rings is 1. The molecule has 8 nitrogen and oxygen atoms in total. The van der Waals surface area contributed by atoms with Crippen LogP contribution in [-0.2, 0) is 11.3 Å². The van der Waals surface area contributed by atoms with Crippen molar-refractivity contribution < 1.29 is 14.5 Å². The zero-order valence-electron chi connectivity index (χ0n) is 17.7. The van der Waals surface area contributed by atoms with Gasteiger partial charge in [0.2, 0.25) is 0 Å². The zero-order chi connectivity index (χ0) is 23.2. The van der Waals surface area contributed by atoms with E-state index in [0.717, 1.165) is 10.3 Å². The molecule has 1 amide bonds. The summed E-state index contributed by atoms with van der Waals surface area (Å²) in [5.41, 5.74) is 2.25. The highest BCUT2D eigenvalue weighted by Gasteiger charge is 2.20. The molecule has 0 N–H and O–H groups in total. The lowest BCUT2D eigenvalue weighted by molar-refractivity contribution is -0.384. The Hall–Kier alpha value is -4.11. The van der Waals surface area contributed by atoms with Gasteiger partial charge in [0, 0.05) is 30.6 Å². The van der Waals surface area contributed by atoms with Gasteiger partial charge in [0.15, 0.2) is 5.13 Å². The number of para-hydroxylation sites is 1. The number of benzene rings is 2. The molecular weight excluding hydrogens is 440 g/mol. The molecule has 0 spiro atoms. The molecule has 0 atom stereocenters. The molecule has 0 aliphatic rings. The summed E-state index contributed by atoms with van der Waals surface area (Å²) in [6.45, 7) is 2.72. The Kier molecular flexibility index (Phi) is 6.70. The van der Waals surface area contributed by atoms with E-state index in [9.17, 15) is 14.9 Å². The molecular formula is C24H20N4O4S. The fraction of sp³-hybridized carbons (Fsp3) is 0.125. The van der Waals surface area contributed by atoms with E-state index in [0.29, 0.717) is 35.1 Å². The van der Waals surface area contributed by atoms with Gasteiger partial charge in [-0.15, -0.1) is 0 Å². The van der Waals surface area contributed by atoms with Crippen molar-refractivity contribution >= 4 is 44.4 Å². The molecule has 0 aliphatic carbocycles. The number of carbonyl (C=O) groups is 1. The molecule has 2 aromatic carbocycles. The average molecular weight is 461 g/mol. The number of nitro benzene ring substituents is 1. The van der Waals surface area contributed by atoms with Crippen LogP contribution in [0.3, 0.4) is 0 Å². The predicted molar refractivity (Wildman–Crippen MR) is 128 cm³/mol.